The zero-order valence-electron chi connectivity index (χ0n) is 13.7. The van der Waals surface area contributed by atoms with Crippen molar-refractivity contribution in [3.63, 3.8) is 0 Å². The Hall–Kier alpha value is -1.90. The van der Waals surface area contributed by atoms with Crippen LogP contribution in [0.1, 0.15) is 46.4 Å². The molecule has 4 heteroatoms. The van der Waals surface area contributed by atoms with Gasteiger partial charge in [-0.2, -0.15) is 0 Å². The summed E-state index contributed by atoms with van der Waals surface area (Å²) in [4.78, 5) is 25.5. The number of rotatable bonds is 5. The number of Topliss-reactive ketones (excluding diaryl/α,β-unsaturated/α-hetero) is 2. The second kappa shape index (κ2) is 7.99. The van der Waals surface area contributed by atoms with Gasteiger partial charge >= 0.3 is 0 Å². The van der Waals surface area contributed by atoms with Crippen molar-refractivity contribution >= 4 is 34.8 Å². The van der Waals surface area contributed by atoms with Crippen molar-refractivity contribution in [3.05, 3.63) is 81.4 Å². The number of carbonyl (C=O) groups is 2. The zero-order valence-corrected chi connectivity index (χ0v) is 15.2. The van der Waals surface area contributed by atoms with Crippen LogP contribution in [0.5, 0.6) is 0 Å². The van der Waals surface area contributed by atoms with Gasteiger partial charge in [0.05, 0.1) is 0 Å². The minimum Gasteiger partial charge on any atom is -0.294 e. The summed E-state index contributed by atoms with van der Waals surface area (Å²) in [6.07, 6.45) is 4.98. The molecule has 1 aliphatic carbocycles. The summed E-state index contributed by atoms with van der Waals surface area (Å²) >= 11 is 12.0. The van der Waals surface area contributed by atoms with Crippen molar-refractivity contribution < 1.29 is 9.59 Å². The van der Waals surface area contributed by atoms with Crippen molar-refractivity contribution in [1.29, 1.82) is 0 Å². The van der Waals surface area contributed by atoms with Gasteiger partial charge in [0.25, 0.3) is 0 Å². The highest BCUT2D eigenvalue weighted by Crippen LogP contribution is 2.32. The van der Waals surface area contributed by atoms with E-state index < -0.39 is 0 Å². The number of carbonyl (C=O) groups excluding carboxylic acids is 2. The smallest absolute Gasteiger partial charge is 0.189 e. The van der Waals surface area contributed by atoms with Gasteiger partial charge in [-0.05, 0) is 55.0 Å². The number of hydrogen-bond donors (Lipinski definition) is 0. The van der Waals surface area contributed by atoms with E-state index in [1.165, 1.54) is 0 Å². The molecule has 1 aliphatic rings. The lowest BCUT2D eigenvalue weighted by molar-refractivity contribution is 0.0953. The van der Waals surface area contributed by atoms with Crippen LogP contribution in [0.15, 0.2) is 60.2 Å². The molecule has 0 fully saturated rings. The number of allylic oxidation sites excluding steroid dienone is 2. The molecule has 2 aromatic carbocycles. The van der Waals surface area contributed by atoms with Crippen LogP contribution in [0.4, 0.5) is 0 Å². The number of halogens is 2. The number of benzene rings is 2. The van der Waals surface area contributed by atoms with Crippen LogP contribution in [0, 0.1) is 5.92 Å². The van der Waals surface area contributed by atoms with Crippen molar-refractivity contribution in [2.75, 3.05) is 0 Å². The highest BCUT2D eigenvalue weighted by atomic mass is 35.5. The van der Waals surface area contributed by atoms with Crippen molar-refractivity contribution in [1.82, 2.24) is 0 Å². The van der Waals surface area contributed by atoms with Gasteiger partial charge in [0.2, 0.25) is 0 Å². The fraction of sp³-hybridized carbons (Fsp3) is 0.238. The van der Waals surface area contributed by atoms with Gasteiger partial charge in [0, 0.05) is 27.6 Å². The normalized spacial score (nSPS) is 17.0. The van der Waals surface area contributed by atoms with Crippen LogP contribution in [0.3, 0.4) is 0 Å². The Bertz CT molecular complexity index is 839. The fourth-order valence-electron chi connectivity index (χ4n) is 3.23. The first-order valence-electron chi connectivity index (χ1n) is 8.33. The van der Waals surface area contributed by atoms with E-state index in [1.807, 2.05) is 6.08 Å². The zero-order chi connectivity index (χ0) is 17.8. The minimum atomic E-state index is -0.0632. The maximum Gasteiger partial charge on any atom is 0.189 e. The fourth-order valence-corrected chi connectivity index (χ4v) is 3.61. The molecule has 2 aromatic rings. The lowest BCUT2D eigenvalue weighted by Gasteiger charge is -2.23. The Morgan fingerprint density at radius 1 is 0.960 bits per heavy atom. The molecule has 3 rings (SSSR count). The minimum absolute atomic E-state index is 0.0131. The molecule has 25 heavy (non-hydrogen) atoms. The molecular weight excluding hydrogens is 355 g/mol. The van der Waals surface area contributed by atoms with Gasteiger partial charge in [0.1, 0.15) is 0 Å². The molecular formula is C21H18Cl2O2. The van der Waals surface area contributed by atoms with Crippen LogP contribution >= 0.6 is 23.2 Å². The quantitative estimate of drug-likeness (QED) is 0.587. The molecule has 1 atom stereocenters. The predicted molar refractivity (Wildman–Crippen MR) is 102 cm³/mol. The predicted octanol–water partition coefficient (Wildman–Crippen LogP) is 6.18. The van der Waals surface area contributed by atoms with Gasteiger partial charge in [-0.3, -0.25) is 9.59 Å². The van der Waals surface area contributed by atoms with Crippen LogP contribution in [-0.4, -0.2) is 11.6 Å². The first-order valence-corrected chi connectivity index (χ1v) is 9.09. The Labute approximate surface area is 157 Å². The van der Waals surface area contributed by atoms with E-state index in [4.69, 9.17) is 23.2 Å². The van der Waals surface area contributed by atoms with Gasteiger partial charge in [0.15, 0.2) is 11.6 Å². The van der Waals surface area contributed by atoms with Crippen LogP contribution in [0.25, 0.3) is 0 Å². The Kier molecular flexibility index (Phi) is 5.72. The molecule has 0 unspecified atom stereocenters. The second-order valence-electron chi connectivity index (χ2n) is 6.26. The molecule has 0 N–H and O–H groups in total. The highest BCUT2D eigenvalue weighted by molar-refractivity contribution is 6.31. The van der Waals surface area contributed by atoms with E-state index in [-0.39, 0.29) is 17.5 Å². The molecule has 0 aromatic heterocycles. The van der Waals surface area contributed by atoms with Gasteiger partial charge in [-0.25, -0.2) is 0 Å². The molecule has 0 spiro atoms. The molecule has 2 nitrogen and oxygen atoms in total. The van der Waals surface area contributed by atoms with Gasteiger partial charge in [-0.15, -0.1) is 0 Å². The monoisotopic (exact) mass is 372 g/mol. The lowest BCUT2D eigenvalue weighted by atomic mass is 9.80. The van der Waals surface area contributed by atoms with E-state index in [0.717, 1.165) is 24.8 Å². The Morgan fingerprint density at radius 3 is 2.28 bits per heavy atom. The van der Waals surface area contributed by atoms with E-state index in [9.17, 15) is 9.59 Å². The summed E-state index contributed by atoms with van der Waals surface area (Å²) in [5.41, 5.74) is 1.89. The summed E-state index contributed by atoms with van der Waals surface area (Å²) in [5, 5.41) is 1.08. The average Bonchev–Trinajstić information content (AvgIpc) is 2.61. The Balaban J connectivity index is 1.80. The first kappa shape index (κ1) is 17.9. The number of hydrogen-bond acceptors (Lipinski definition) is 2. The third kappa shape index (κ3) is 4.39. The highest BCUT2D eigenvalue weighted by Gasteiger charge is 2.26. The third-order valence-corrected chi connectivity index (χ3v) is 4.96. The maximum absolute atomic E-state index is 12.9. The molecule has 128 valence electrons. The summed E-state index contributed by atoms with van der Waals surface area (Å²) < 4.78 is 0. The van der Waals surface area contributed by atoms with E-state index >= 15 is 0 Å². The summed E-state index contributed by atoms with van der Waals surface area (Å²) in [6.45, 7) is 0. The van der Waals surface area contributed by atoms with Crippen molar-refractivity contribution in [3.8, 4) is 0 Å². The van der Waals surface area contributed by atoms with E-state index in [2.05, 4.69) is 0 Å². The molecule has 0 amide bonds. The molecule has 0 heterocycles. The molecule has 0 aliphatic heterocycles. The molecule has 0 saturated carbocycles. The van der Waals surface area contributed by atoms with E-state index in [0.29, 0.717) is 27.6 Å². The summed E-state index contributed by atoms with van der Waals surface area (Å²) in [7, 11) is 0. The standard InChI is InChI=1S/C21H18Cl2O2/c22-17-8-3-6-15(11-17)20(24)13-14-5-1-2-10-19(14)21(25)16-7-4-9-18(23)12-16/h3-4,6-12,14H,1-2,5,13H2/t14-/m0/s1. The first-order chi connectivity index (χ1) is 12.0. The molecule has 0 radical (unpaired) electrons. The van der Waals surface area contributed by atoms with E-state index in [1.54, 1.807) is 48.5 Å². The molecule has 0 bridgehead atoms. The Morgan fingerprint density at radius 2 is 1.60 bits per heavy atom. The summed E-state index contributed by atoms with van der Waals surface area (Å²) in [5.74, 6) is -0.0861. The molecule has 0 saturated heterocycles. The second-order valence-corrected chi connectivity index (χ2v) is 7.14. The van der Waals surface area contributed by atoms with Crippen LogP contribution in [-0.2, 0) is 0 Å². The third-order valence-electron chi connectivity index (χ3n) is 4.49. The van der Waals surface area contributed by atoms with Crippen LogP contribution in [0.2, 0.25) is 10.0 Å². The van der Waals surface area contributed by atoms with Gasteiger partial charge < -0.3 is 0 Å². The van der Waals surface area contributed by atoms with Crippen LogP contribution < -0.4 is 0 Å². The number of ketones is 2. The van der Waals surface area contributed by atoms with Crippen molar-refractivity contribution in [2.24, 2.45) is 5.92 Å². The summed E-state index contributed by atoms with van der Waals surface area (Å²) in [6, 6.07) is 13.9. The lowest BCUT2D eigenvalue weighted by Crippen LogP contribution is -2.20. The van der Waals surface area contributed by atoms with Gasteiger partial charge in [-0.1, -0.05) is 53.5 Å². The maximum atomic E-state index is 12.9. The topological polar surface area (TPSA) is 34.1 Å². The van der Waals surface area contributed by atoms with Crippen molar-refractivity contribution in [2.45, 2.75) is 25.7 Å². The largest absolute Gasteiger partial charge is 0.294 e. The SMILES string of the molecule is O=C(C[C@@H]1CCCC=C1C(=O)c1cccc(Cl)c1)c1cccc(Cl)c1. The average molecular weight is 373 g/mol.